The summed E-state index contributed by atoms with van der Waals surface area (Å²) < 4.78 is 0. The van der Waals surface area contributed by atoms with Crippen LogP contribution >= 0.6 is 11.3 Å². The maximum Gasteiger partial charge on any atom is 0.185 e. The summed E-state index contributed by atoms with van der Waals surface area (Å²) in [5.74, 6) is 0.898. The quantitative estimate of drug-likeness (QED) is 0.911. The maximum atomic E-state index is 4.70. The van der Waals surface area contributed by atoms with Gasteiger partial charge in [0.15, 0.2) is 5.13 Å². The molecule has 3 heterocycles. The Labute approximate surface area is 114 Å². The van der Waals surface area contributed by atoms with Crippen LogP contribution in [0.15, 0.2) is 5.38 Å². The first kappa shape index (κ1) is 12.4. The first-order valence-corrected chi connectivity index (χ1v) is 8.17. The third-order valence-corrected chi connectivity index (χ3v) is 5.33. The Kier molecular flexibility index (Phi) is 3.85. The zero-order chi connectivity index (χ0) is 12.4. The van der Waals surface area contributed by atoms with E-state index in [0.29, 0.717) is 0 Å². The number of aromatic nitrogens is 1. The van der Waals surface area contributed by atoms with Crippen LogP contribution in [0.3, 0.4) is 0 Å². The Morgan fingerprint density at radius 2 is 2.22 bits per heavy atom. The van der Waals surface area contributed by atoms with Crippen LogP contribution in [-0.4, -0.2) is 30.7 Å². The average molecular weight is 265 g/mol. The molecule has 3 nitrogen and oxygen atoms in total. The maximum absolute atomic E-state index is 4.70. The van der Waals surface area contributed by atoms with Gasteiger partial charge in [0.2, 0.25) is 0 Å². The number of anilines is 1. The molecule has 1 unspecified atom stereocenters. The summed E-state index contributed by atoms with van der Waals surface area (Å²) in [6.07, 6.45) is 6.48. The second-order valence-electron chi connectivity index (χ2n) is 5.50. The van der Waals surface area contributed by atoms with Crippen LogP contribution < -0.4 is 10.2 Å². The molecule has 1 aromatic heterocycles. The lowest BCUT2D eigenvalue weighted by atomic mass is 9.89. The number of nitrogens with zero attached hydrogens (tertiary/aromatic N) is 2. The van der Waals surface area contributed by atoms with E-state index in [0.717, 1.165) is 18.4 Å². The molecule has 2 saturated heterocycles. The fraction of sp³-hybridized carbons (Fsp3) is 0.786. The van der Waals surface area contributed by atoms with E-state index in [9.17, 15) is 0 Å². The van der Waals surface area contributed by atoms with Crippen molar-refractivity contribution in [2.75, 3.05) is 24.5 Å². The molecule has 0 amide bonds. The summed E-state index contributed by atoms with van der Waals surface area (Å²) in [7, 11) is 0. The van der Waals surface area contributed by atoms with Crippen LogP contribution in [0.5, 0.6) is 0 Å². The number of rotatable bonds is 3. The molecule has 18 heavy (non-hydrogen) atoms. The predicted octanol–water partition coefficient (Wildman–Crippen LogP) is 2.67. The molecule has 1 aromatic rings. The van der Waals surface area contributed by atoms with Crippen molar-refractivity contribution in [3.8, 4) is 0 Å². The van der Waals surface area contributed by atoms with Gasteiger partial charge in [-0.1, -0.05) is 6.92 Å². The topological polar surface area (TPSA) is 28.2 Å². The van der Waals surface area contributed by atoms with Gasteiger partial charge in [0.25, 0.3) is 0 Å². The van der Waals surface area contributed by atoms with E-state index >= 15 is 0 Å². The van der Waals surface area contributed by atoms with Crippen LogP contribution in [0.1, 0.15) is 38.3 Å². The highest BCUT2D eigenvalue weighted by molar-refractivity contribution is 7.13. The van der Waals surface area contributed by atoms with E-state index in [2.05, 4.69) is 22.5 Å². The van der Waals surface area contributed by atoms with Crippen LogP contribution in [0, 0.1) is 5.92 Å². The molecule has 4 heteroatoms. The summed E-state index contributed by atoms with van der Waals surface area (Å²) in [6, 6.07) is 0.801. The van der Waals surface area contributed by atoms with Gasteiger partial charge in [-0.25, -0.2) is 4.98 Å². The number of hydrogen-bond donors (Lipinski definition) is 1. The van der Waals surface area contributed by atoms with Gasteiger partial charge in [-0.3, -0.25) is 0 Å². The van der Waals surface area contributed by atoms with E-state index in [1.165, 1.54) is 56.1 Å². The molecule has 2 fully saturated rings. The fourth-order valence-corrected chi connectivity index (χ4v) is 4.17. The normalized spacial score (nSPS) is 25.8. The van der Waals surface area contributed by atoms with Gasteiger partial charge in [0.05, 0.1) is 5.69 Å². The Bertz CT molecular complexity index is 376. The van der Waals surface area contributed by atoms with Crippen molar-refractivity contribution in [2.45, 2.75) is 45.1 Å². The zero-order valence-electron chi connectivity index (χ0n) is 11.2. The smallest absolute Gasteiger partial charge is 0.185 e. The molecule has 0 spiro atoms. The lowest BCUT2D eigenvalue weighted by Gasteiger charge is -2.34. The summed E-state index contributed by atoms with van der Waals surface area (Å²) in [6.45, 7) is 5.80. The Hall–Kier alpha value is -0.610. The Balaban J connectivity index is 1.55. The van der Waals surface area contributed by atoms with E-state index in [1.807, 2.05) is 11.3 Å². The highest BCUT2D eigenvalue weighted by atomic mass is 32.1. The van der Waals surface area contributed by atoms with Crippen LogP contribution in [0.25, 0.3) is 0 Å². The standard InChI is InChI=1S/C14H23N3S/c1-2-12-10-18-14(16-12)17-8-5-11(6-9-17)13-4-3-7-15-13/h10-11,13,15H,2-9H2,1H3. The molecule has 0 bridgehead atoms. The van der Waals surface area contributed by atoms with Gasteiger partial charge in [-0.15, -0.1) is 11.3 Å². The summed E-state index contributed by atoms with van der Waals surface area (Å²) >= 11 is 1.81. The minimum atomic E-state index is 0.801. The van der Waals surface area contributed by atoms with Crippen molar-refractivity contribution < 1.29 is 0 Å². The Morgan fingerprint density at radius 1 is 1.39 bits per heavy atom. The van der Waals surface area contributed by atoms with Crippen molar-refractivity contribution in [3.05, 3.63) is 11.1 Å². The van der Waals surface area contributed by atoms with E-state index in [4.69, 9.17) is 4.98 Å². The third-order valence-electron chi connectivity index (χ3n) is 4.38. The van der Waals surface area contributed by atoms with Crippen molar-refractivity contribution in [1.29, 1.82) is 0 Å². The van der Waals surface area contributed by atoms with Crippen LogP contribution in [0.2, 0.25) is 0 Å². The molecule has 1 atom stereocenters. The second-order valence-corrected chi connectivity index (χ2v) is 6.34. The highest BCUT2D eigenvalue weighted by Crippen LogP contribution is 2.29. The van der Waals surface area contributed by atoms with Crippen LogP contribution in [0.4, 0.5) is 5.13 Å². The second kappa shape index (κ2) is 5.57. The fourth-order valence-electron chi connectivity index (χ4n) is 3.21. The SMILES string of the molecule is CCc1csc(N2CCC(C3CCCN3)CC2)n1. The molecule has 3 rings (SSSR count). The molecule has 1 N–H and O–H groups in total. The minimum absolute atomic E-state index is 0.801. The van der Waals surface area contributed by atoms with E-state index < -0.39 is 0 Å². The van der Waals surface area contributed by atoms with Crippen LogP contribution in [-0.2, 0) is 6.42 Å². The molecule has 0 aromatic carbocycles. The minimum Gasteiger partial charge on any atom is -0.348 e. The number of thiazole rings is 1. The molecular weight excluding hydrogens is 242 g/mol. The Morgan fingerprint density at radius 3 is 2.83 bits per heavy atom. The van der Waals surface area contributed by atoms with Crippen molar-refractivity contribution in [1.82, 2.24) is 10.3 Å². The lowest BCUT2D eigenvalue weighted by molar-refractivity contribution is 0.319. The summed E-state index contributed by atoms with van der Waals surface area (Å²) in [5.41, 5.74) is 1.24. The monoisotopic (exact) mass is 265 g/mol. The van der Waals surface area contributed by atoms with Crippen molar-refractivity contribution in [2.24, 2.45) is 5.92 Å². The molecular formula is C14H23N3S. The molecule has 0 radical (unpaired) electrons. The van der Waals surface area contributed by atoms with E-state index in [1.54, 1.807) is 0 Å². The molecule has 0 aliphatic carbocycles. The number of nitrogens with one attached hydrogen (secondary N) is 1. The number of hydrogen-bond acceptors (Lipinski definition) is 4. The predicted molar refractivity (Wildman–Crippen MR) is 77.5 cm³/mol. The number of aryl methyl sites for hydroxylation is 1. The van der Waals surface area contributed by atoms with Gasteiger partial charge in [0.1, 0.15) is 0 Å². The third kappa shape index (κ3) is 2.54. The first-order chi connectivity index (χ1) is 8.86. The highest BCUT2D eigenvalue weighted by Gasteiger charge is 2.28. The van der Waals surface area contributed by atoms with Gasteiger partial charge in [-0.05, 0) is 44.6 Å². The molecule has 100 valence electrons. The molecule has 2 aliphatic heterocycles. The average Bonchev–Trinajstić information content (AvgIpc) is 3.10. The van der Waals surface area contributed by atoms with Gasteiger partial charge < -0.3 is 10.2 Å². The summed E-state index contributed by atoms with van der Waals surface area (Å²) in [4.78, 5) is 7.19. The molecule has 0 saturated carbocycles. The lowest BCUT2D eigenvalue weighted by Crippen LogP contribution is -2.40. The van der Waals surface area contributed by atoms with Gasteiger partial charge in [-0.2, -0.15) is 0 Å². The zero-order valence-corrected chi connectivity index (χ0v) is 12.0. The van der Waals surface area contributed by atoms with Gasteiger partial charge >= 0.3 is 0 Å². The van der Waals surface area contributed by atoms with Gasteiger partial charge in [0, 0.05) is 24.5 Å². The number of piperidine rings is 1. The van der Waals surface area contributed by atoms with E-state index in [-0.39, 0.29) is 0 Å². The summed E-state index contributed by atoms with van der Waals surface area (Å²) in [5, 5.41) is 7.11. The van der Waals surface area contributed by atoms with Crippen molar-refractivity contribution in [3.63, 3.8) is 0 Å². The largest absolute Gasteiger partial charge is 0.348 e. The van der Waals surface area contributed by atoms with Crippen molar-refractivity contribution >= 4 is 16.5 Å². The first-order valence-electron chi connectivity index (χ1n) is 7.29. The molecule has 2 aliphatic rings.